The first kappa shape index (κ1) is 47.5. The van der Waals surface area contributed by atoms with Crippen molar-refractivity contribution in [1.29, 1.82) is 0 Å². The number of benzene rings is 3. The molecule has 1 saturated heterocycles. The van der Waals surface area contributed by atoms with Gasteiger partial charge in [-0.05, 0) is 43.0 Å². The lowest BCUT2D eigenvalue weighted by Gasteiger charge is -2.42. The number of ether oxygens (including phenoxy) is 4. The second kappa shape index (κ2) is 19.4. The monoisotopic (exact) mass is 891 g/mol. The highest BCUT2D eigenvalue weighted by molar-refractivity contribution is 6.31. The third-order valence-corrected chi connectivity index (χ3v) is 11.7. The summed E-state index contributed by atoms with van der Waals surface area (Å²) in [6.45, 7) is 5.15. The van der Waals surface area contributed by atoms with E-state index in [1.54, 1.807) is 31.2 Å². The Bertz CT molecular complexity index is 2320. The summed E-state index contributed by atoms with van der Waals surface area (Å²) in [6.07, 6.45) is -7.22. The maximum atomic E-state index is 14.0. The van der Waals surface area contributed by atoms with Crippen LogP contribution in [0.3, 0.4) is 0 Å². The molecule has 3 aliphatic rings. The molecular formula is C45H53N3O16. The van der Waals surface area contributed by atoms with Crippen LogP contribution < -0.4 is 20.7 Å². The molecule has 8 atom stereocenters. The lowest BCUT2D eigenvalue weighted by molar-refractivity contribution is -0.249. The molecule has 64 heavy (non-hydrogen) atoms. The number of phenols is 2. The number of aromatic hydroxyl groups is 2. The molecule has 3 aromatic rings. The minimum Gasteiger partial charge on any atom is -0.507 e. The van der Waals surface area contributed by atoms with Crippen LogP contribution in [0.1, 0.15) is 102 Å². The Balaban J connectivity index is 1.16. The molecule has 4 unspecified atom stereocenters. The Morgan fingerprint density at radius 2 is 1.62 bits per heavy atom. The van der Waals surface area contributed by atoms with Gasteiger partial charge in [0.25, 0.3) is 0 Å². The van der Waals surface area contributed by atoms with E-state index in [0.29, 0.717) is 17.7 Å². The molecule has 0 aromatic heterocycles. The number of fused-ring (bicyclic) bond motifs is 3. The Morgan fingerprint density at radius 3 is 2.27 bits per heavy atom. The quantitative estimate of drug-likeness (QED) is 0.0772. The van der Waals surface area contributed by atoms with E-state index in [1.807, 2.05) is 13.8 Å². The number of hydrogen-bond acceptors (Lipinski definition) is 16. The predicted molar refractivity (Wildman–Crippen MR) is 224 cm³/mol. The van der Waals surface area contributed by atoms with Gasteiger partial charge in [0.2, 0.25) is 17.6 Å². The van der Waals surface area contributed by atoms with Gasteiger partial charge in [0, 0.05) is 41.6 Å². The minimum absolute atomic E-state index is 0.0400. The lowest BCUT2D eigenvalue weighted by Crippen LogP contribution is -2.56. The standard InChI is InChI=1S/C45H53N3O16/c1-20(2)13-28(47-42(57)21(3)17-49)43(58)46-24-11-9-23(10-12-24)19-62-44(59)48-27-14-32(63-22(4)37(27)52)64-30-16-45(60,31(51)18-50)15-26-34(30)41(56)36-35(39(26)54)38(53)25-7-6-8-29(61-5)33(25)40(36)55/h6-12,20-22,27-28,30,32,37,49-50,52,54,56,60H,13-19H2,1-5H3,(H,46,58)(H,47,57)(H,48,59)/t21?,22-,27+,28?,30?,32-,37?,45-/m0/s1. The average Bonchev–Trinajstić information content (AvgIpc) is 3.26. The van der Waals surface area contributed by atoms with Gasteiger partial charge >= 0.3 is 6.09 Å². The molecule has 1 fully saturated rings. The van der Waals surface area contributed by atoms with Gasteiger partial charge in [-0.15, -0.1) is 0 Å². The van der Waals surface area contributed by atoms with Crippen molar-refractivity contribution in [2.24, 2.45) is 11.8 Å². The SMILES string of the molecule is COc1cccc2c1C(=O)c1c(O)c3c(c(O)c1C2=O)C[C@@](O)(C(=O)CO)CC3O[C@H]1C[C@@H](NC(=O)OCc2ccc(NC(=O)C(CC(C)C)NC(=O)C(C)CO)cc2)C(O)[C@H](C)O1. The predicted octanol–water partition coefficient (Wildman–Crippen LogP) is 2.07. The van der Waals surface area contributed by atoms with Crippen molar-refractivity contribution >= 4 is 40.9 Å². The van der Waals surface area contributed by atoms with Gasteiger partial charge < -0.3 is 65.5 Å². The van der Waals surface area contributed by atoms with Gasteiger partial charge in [0.05, 0.1) is 54.6 Å². The number of amides is 3. The van der Waals surface area contributed by atoms with Crippen LogP contribution >= 0.6 is 0 Å². The Labute approximate surface area is 367 Å². The number of carbonyl (C=O) groups excluding carboxylic acids is 6. The Morgan fingerprint density at radius 1 is 0.938 bits per heavy atom. The number of carbonyl (C=O) groups is 6. The lowest BCUT2D eigenvalue weighted by atomic mass is 9.72. The smallest absolute Gasteiger partial charge is 0.407 e. The number of alkyl carbamates (subject to hydrolysis) is 1. The maximum Gasteiger partial charge on any atom is 0.407 e. The number of rotatable bonds is 15. The first-order valence-corrected chi connectivity index (χ1v) is 20.8. The fourth-order valence-electron chi connectivity index (χ4n) is 8.21. The Hall–Kier alpha value is -5.96. The van der Waals surface area contributed by atoms with E-state index < -0.39 is 126 Å². The molecule has 3 aromatic carbocycles. The summed E-state index contributed by atoms with van der Waals surface area (Å²) < 4.78 is 22.9. The van der Waals surface area contributed by atoms with Crippen LogP contribution in [-0.4, -0.2) is 122 Å². The summed E-state index contributed by atoms with van der Waals surface area (Å²) in [6, 6.07) is 8.75. The molecule has 0 spiro atoms. The molecule has 0 radical (unpaired) electrons. The number of aliphatic hydroxyl groups is 4. The highest BCUT2D eigenvalue weighted by atomic mass is 16.7. The van der Waals surface area contributed by atoms with E-state index in [-0.39, 0.29) is 53.6 Å². The largest absolute Gasteiger partial charge is 0.507 e. The number of nitrogens with one attached hydrogen (secondary N) is 3. The van der Waals surface area contributed by atoms with E-state index >= 15 is 0 Å². The molecule has 19 heteroatoms. The van der Waals surface area contributed by atoms with E-state index in [9.17, 15) is 59.4 Å². The summed E-state index contributed by atoms with van der Waals surface area (Å²) in [5, 5.41) is 73.2. The highest BCUT2D eigenvalue weighted by Gasteiger charge is 2.50. The molecule has 0 saturated carbocycles. The molecule has 19 nitrogen and oxygen atoms in total. The van der Waals surface area contributed by atoms with Crippen LogP contribution in [0, 0.1) is 11.8 Å². The summed E-state index contributed by atoms with van der Waals surface area (Å²) in [5.74, 6) is -5.74. The molecule has 1 heterocycles. The van der Waals surface area contributed by atoms with Crippen molar-refractivity contribution in [2.45, 2.75) is 102 Å². The zero-order chi connectivity index (χ0) is 46.8. The fourth-order valence-corrected chi connectivity index (χ4v) is 8.21. The van der Waals surface area contributed by atoms with E-state index in [2.05, 4.69) is 16.0 Å². The average molecular weight is 892 g/mol. The van der Waals surface area contributed by atoms with Crippen molar-refractivity contribution in [3.63, 3.8) is 0 Å². The number of aliphatic hydroxyl groups excluding tert-OH is 3. The molecule has 1 aliphatic heterocycles. The summed E-state index contributed by atoms with van der Waals surface area (Å²) in [7, 11) is 1.29. The van der Waals surface area contributed by atoms with Gasteiger partial charge in [-0.25, -0.2) is 4.79 Å². The summed E-state index contributed by atoms with van der Waals surface area (Å²) in [4.78, 5) is 79.3. The van der Waals surface area contributed by atoms with E-state index in [1.165, 1.54) is 32.2 Å². The molecule has 344 valence electrons. The normalized spacial score (nSPS) is 23.5. The second-order valence-electron chi connectivity index (χ2n) is 16.8. The van der Waals surface area contributed by atoms with Crippen LogP contribution in [0.4, 0.5) is 10.5 Å². The number of hydrogen-bond donors (Lipinski definition) is 9. The first-order chi connectivity index (χ1) is 30.3. The van der Waals surface area contributed by atoms with Crippen LogP contribution in [0.5, 0.6) is 17.2 Å². The highest BCUT2D eigenvalue weighted by Crippen LogP contribution is 2.52. The fraction of sp³-hybridized carbons (Fsp3) is 0.467. The van der Waals surface area contributed by atoms with Crippen LogP contribution in [-0.2, 0) is 41.6 Å². The number of anilines is 1. The number of ketones is 3. The minimum atomic E-state index is -2.38. The van der Waals surface area contributed by atoms with Gasteiger partial charge in [0.1, 0.15) is 48.2 Å². The molecule has 2 aliphatic carbocycles. The van der Waals surface area contributed by atoms with Crippen LogP contribution in [0.2, 0.25) is 0 Å². The second-order valence-corrected chi connectivity index (χ2v) is 16.8. The van der Waals surface area contributed by atoms with Gasteiger partial charge in [-0.2, -0.15) is 0 Å². The summed E-state index contributed by atoms with van der Waals surface area (Å²) in [5.41, 5.74) is -3.31. The topological polar surface area (TPSA) is 297 Å². The molecule has 0 bridgehead atoms. The van der Waals surface area contributed by atoms with Gasteiger partial charge in [-0.3, -0.25) is 24.0 Å². The number of methoxy groups -OCH3 is 1. The maximum absolute atomic E-state index is 14.0. The van der Waals surface area contributed by atoms with E-state index in [0.717, 1.165) is 0 Å². The molecule has 6 rings (SSSR count). The van der Waals surface area contributed by atoms with Crippen molar-refractivity contribution in [1.82, 2.24) is 10.6 Å². The van der Waals surface area contributed by atoms with Crippen LogP contribution in [0.15, 0.2) is 42.5 Å². The number of phenolic OH excluding ortho intramolecular Hbond substituents is 2. The van der Waals surface area contributed by atoms with Crippen molar-refractivity contribution in [3.05, 3.63) is 81.4 Å². The molecule has 3 amide bonds. The van der Waals surface area contributed by atoms with Gasteiger partial charge in [0.15, 0.2) is 17.9 Å². The zero-order valence-corrected chi connectivity index (χ0v) is 35.9. The third-order valence-electron chi connectivity index (χ3n) is 11.7. The molecular weight excluding hydrogens is 838 g/mol. The van der Waals surface area contributed by atoms with Gasteiger partial charge in [-0.1, -0.05) is 45.0 Å². The summed E-state index contributed by atoms with van der Waals surface area (Å²) >= 11 is 0. The molecule has 9 N–H and O–H groups in total. The van der Waals surface area contributed by atoms with Crippen molar-refractivity contribution in [3.8, 4) is 17.2 Å². The van der Waals surface area contributed by atoms with Crippen molar-refractivity contribution < 1.29 is 78.4 Å². The van der Waals surface area contributed by atoms with E-state index in [4.69, 9.17) is 18.9 Å². The van der Waals surface area contributed by atoms with Crippen LogP contribution in [0.25, 0.3) is 0 Å². The zero-order valence-electron chi connectivity index (χ0n) is 35.9. The number of Topliss-reactive ketones (excluding diaryl/α,β-unsaturated/α-hetero) is 1. The third kappa shape index (κ3) is 9.59. The van der Waals surface area contributed by atoms with Crippen molar-refractivity contribution in [2.75, 3.05) is 25.6 Å². The Kier molecular flexibility index (Phi) is 14.4. The first-order valence-electron chi connectivity index (χ1n) is 20.8.